The number of hydrogen-bond donors (Lipinski definition) is 0. The lowest BCUT2D eigenvalue weighted by molar-refractivity contribution is -0.133. The van der Waals surface area contributed by atoms with Crippen molar-refractivity contribution >= 4 is 9.84 Å². The van der Waals surface area contributed by atoms with Gasteiger partial charge >= 0.3 is 6.18 Å². The van der Waals surface area contributed by atoms with Crippen LogP contribution >= 0.6 is 0 Å². The molecule has 0 saturated heterocycles. The maximum atomic E-state index is 12.3. The first kappa shape index (κ1) is 19.3. The van der Waals surface area contributed by atoms with Crippen LogP contribution in [0.1, 0.15) is 25.7 Å². The number of rotatable bonds is 6. The van der Waals surface area contributed by atoms with Crippen molar-refractivity contribution in [3.63, 3.8) is 0 Å². The minimum absolute atomic E-state index is 0.282. The van der Waals surface area contributed by atoms with Crippen LogP contribution < -0.4 is 0 Å². The average molecular weight is 345 g/mol. The van der Waals surface area contributed by atoms with Crippen molar-refractivity contribution in [2.75, 3.05) is 5.75 Å². The molecule has 1 rings (SSSR count). The van der Waals surface area contributed by atoms with Crippen molar-refractivity contribution in [3.8, 4) is 18.4 Å². The monoisotopic (exact) mass is 345 g/mol. The zero-order chi connectivity index (χ0) is 17.5. The third-order valence-corrected chi connectivity index (χ3v) is 5.54. The maximum absolute atomic E-state index is 12.3. The molecule has 0 amide bonds. The number of terminal acetylenes is 1. The maximum Gasteiger partial charge on any atom is 0.389 e. The summed E-state index contributed by atoms with van der Waals surface area (Å²) in [4.78, 5) is 0. The topological polar surface area (TPSA) is 57.9 Å². The number of allylic oxidation sites excluding steroid dienone is 3. The van der Waals surface area contributed by atoms with E-state index in [0.717, 1.165) is 0 Å². The number of nitrogens with zero attached hydrogens (tertiary/aromatic N) is 1. The highest BCUT2D eigenvalue weighted by atomic mass is 32.2. The molecule has 0 radical (unpaired) electrons. The van der Waals surface area contributed by atoms with Crippen molar-refractivity contribution in [2.45, 2.75) is 37.1 Å². The summed E-state index contributed by atoms with van der Waals surface area (Å²) in [6, 6.07) is 1.81. The molecule has 7 heteroatoms. The van der Waals surface area contributed by atoms with Gasteiger partial charge < -0.3 is 0 Å². The molecule has 23 heavy (non-hydrogen) atoms. The van der Waals surface area contributed by atoms with E-state index in [9.17, 15) is 26.9 Å². The summed E-state index contributed by atoms with van der Waals surface area (Å²) in [6.07, 6.45) is 6.92. The van der Waals surface area contributed by atoms with Gasteiger partial charge in [0.25, 0.3) is 0 Å². The Labute approximate surface area is 134 Å². The van der Waals surface area contributed by atoms with E-state index in [1.54, 1.807) is 6.08 Å². The SMILES string of the molecule is C#CC1C=CCCC1C(C#N)S(=O)(=O)CC=CCCC(F)(F)F. The molecule has 0 aromatic carbocycles. The van der Waals surface area contributed by atoms with E-state index in [1.165, 1.54) is 12.2 Å². The van der Waals surface area contributed by atoms with Crippen molar-refractivity contribution in [1.82, 2.24) is 0 Å². The Bertz CT molecular complexity index is 636. The number of alkyl halides is 3. The quantitative estimate of drug-likeness (QED) is 0.547. The van der Waals surface area contributed by atoms with E-state index in [4.69, 9.17) is 6.42 Å². The van der Waals surface area contributed by atoms with Crippen molar-refractivity contribution < 1.29 is 21.6 Å². The van der Waals surface area contributed by atoms with Gasteiger partial charge in [-0.25, -0.2) is 8.42 Å². The van der Waals surface area contributed by atoms with Gasteiger partial charge in [-0.15, -0.1) is 6.42 Å². The van der Waals surface area contributed by atoms with Gasteiger partial charge in [-0.2, -0.15) is 18.4 Å². The Balaban J connectivity index is 2.73. The fraction of sp³-hybridized carbons (Fsp3) is 0.562. The second kappa shape index (κ2) is 8.21. The molecule has 1 aliphatic carbocycles. The largest absolute Gasteiger partial charge is 0.389 e. The molecule has 3 unspecified atom stereocenters. The van der Waals surface area contributed by atoms with Crippen LogP contribution in [0.25, 0.3) is 0 Å². The lowest BCUT2D eigenvalue weighted by Gasteiger charge is -2.27. The third kappa shape index (κ3) is 6.11. The first-order valence-electron chi connectivity index (χ1n) is 7.17. The van der Waals surface area contributed by atoms with E-state index in [2.05, 4.69) is 5.92 Å². The molecule has 126 valence electrons. The second-order valence-corrected chi connectivity index (χ2v) is 7.53. The summed E-state index contributed by atoms with van der Waals surface area (Å²) >= 11 is 0. The van der Waals surface area contributed by atoms with Crippen molar-refractivity contribution in [1.29, 1.82) is 5.26 Å². The summed E-state index contributed by atoms with van der Waals surface area (Å²) in [6.45, 7) is 0. The number of hydrogen-bond acceptors (Lipinski definition) is 3. The molecule has 0 N–H and O–H groups in total. The summed E-state index contributed by atoms with van der Waals surface area (Å²) in [5.74, 6) is 1.13. The summed E-state index contributed by atoms with van der Waals surface area (Å²) < 4.78 is 60.6. The van der Waals surface area contributed by atoms with Gasteiger partial charge in [-0.1, -0.05) is 30.2 Å². The molecule has 3 nitrogen and oxygen atoms in total. The van der Waals surface area contributed by atoms with E-state index in [0.29, 0.717) is 12.8 Å². The van der Waals surface area contributed by atoms with Gasteiger partial charge in [0.05, 0.1) is 11.8 Å². The van der Waals surface area contributed by atoms with Crippen LogP contribution in [-0.4, -0.2) is 25.6 Å². The van der Waals surface area contributed by atoms with Crippen LogP contribution in [0.3, 0.4) is 0 Å². The first-order valence-corrected chi connectivity index (χ1v) is 8.88. The van der Waals surface area contributed by atoms with Crippen LogP contribution in [0, 0.1) is 35.5 Å². The van der Waals surface area contributed by atoms with Crippen LogP contribution in [-0.2, 0) is 9.84 Å². The molecule has 0 saturated carbocycles. The predicted molar refractivity (Wildman–Crippen MR) is 81.8 cm³/mol. The Morgan fingerprint density at radius 3 is 2.65 bits per heavy atom. The third-order valence-electron chi connectivity index (χ3n) is 3.66. The number of halogens is 3. The second-order valence-electron chi connectivity index (χ2n) is 5.37. The van der Waals surface area contributed by atoms with Gasteiger partial charge in [0.2, 0.25) is 0 Å². The van der Waals surface area contributed by atoms with Crippen LogP contribution in [0.4, 0.5) is 13.2 Å². The molecule has 3 atom stereocenters. The Hall–Kier alpha value is -1.73. The minimum atomic E-state index is -4.27. The first-order chi connectivity index (χ1) is 10.7. The van der Waals surface area contributed by atoms with Crippen LogP contribution in [0.15, 0.2) is 24.3 Å². The zero-order valence-corrected chi connectivity index (χ0v) is 13.3. The highest BCUT2D eigenvalue weighted by Gasteiger charge is 2.37. The molecule has 0 spiro atoms. The standard InChI is InChI=1S/C16H18F3NO2S/c1-2-13-8-4-5-9-14(13)15(12-20)23(21,22)11-7-3-6-10-16(17,18)19/h1,3-4,7-8,13-15H,5-6,9-11H2. The van der Waals surface area contributed by atoms with Crippen molar-refractivity contribution in [2.24, 2.45) is 11.8 Å². The molecule has 0 bridgehead atoms. The molecule has 1 aliphatic rings. The van der Waals surface area contributed by atoms with Crippen LogP contribution in [0.5, 0.6) is 0 Å². The Kier molecular flexibility index (Phi) is 6.90. The number of nitriles is 1. The van der Waals surface area contributed by atoms with E-state index >= 15 is 0 Å². The molecular weight excluding hydrogens is 327 g/mol. The van der Waals surface area contributed by atoms with Gasteiger partial charge in [-0.3, -0.25) is 0 Å². The zero-order valence-electron chi connectivity index (χ0n) is 12.5. The molecule has 0 aliphatic heterocycles. The van der Waals surface area contributed by atoms with Crippen molar-refractivity contribution in [3.05, 3.63) is 24.3 Å². The van der Waals surface area contributed by atoms with Gasteiger partial charge in [0, 0.05) is 18.3 Å². The molecule has 0 aromatic heterocycles. The Morgan fingerprint density at radius 1 is 1.39 bits per heavy atom. The molecule has 0 fully saturated rings. The average Bonchev–Trinajstić information content (AvgIpc) is 2.46. The fourth-order valence-corrected chi connectivity index (χ4v) is 4.10. The fourth-order valence-electron chi connectivity index (χ4n) is 2.49. The summed E-state index contributed by atoms with van der Waals surface area (Å²) in [5, 5.41) is 7.99. The highest BCUT2D eigenvalue weighted by Crippen LogP contribution is 2.31. The van der Waals surface area contributed by atoms with E-state index in [-0.39, 0.29) is 6.42 Å². The van der Waals surface area contributed by atoms with Gasteiger partial charge in [0.1, 0.15) is 0 Å². The van der Waals surface area contributed by atoms with Gasteiger partial charge in [-0.05, 0) is 19.3 Å². The smallest absolute Gasteiger partial charge is 0.227 e. The molecule has 0 aromatic rings. The Morgan fingerprint density at radius 2 is 2.09 bits per heavy atom. The minimum Gasteiger partial charge on any atom is -0.227 e. The van der Waals surface area contributed by atoms with Gasteiger partial charge in [0.15, 0.2) is 15.1 Å². The predicted octanol–water partition coefficient (Wildman–Crippen LogP) is 3.41. The van der Waals surface area contributed by atoms with Crippen LogP contribution in [0.2, 0.25) is 0 Å². The summed E-state index contributed by atoms with van der Waals surface area (Å²) in [5.41, 5.74) is 0. The molecule has 0 heterocycles. The normalized spacial score (nSPS) is 23.3. The summed E-state index contributed by atoms with van der Waals surface area (Å²) in [7, 11) is -3.79. The molecular formula is C16H18F3NO2S. The van der Waals surface area contributed by atoms with E-state index in [1.807, 2.05) is 12.1 Å². The number of sulfone groups is 1. The highest BCUT2D eigenvalue weighted by molar-refractivity contribution is 7.92. The van der Waals surface area contributed by atoms with E-state index < -0.39 is 45.3 Å². The lowest BCUT2D eigenvalue weighted by atomic mass is 9.82. The lowest BCUT2D eigenvalue weighted by Crippen LogP contribution is -2.35.